The third kappa shape index (κ3) is 2.13. The fraction of sp³-hybridized carbons (Fsp3) is 0.500. The molecule has 0 radical (unpaired) electrons. The van der Waals surface area contributed by atoms with Gasteiger partial charge >= 0.3 is 0 Å². The summed E-state index contributed by atoms with van der Waals surface area (Å²) in [6.45, 7) is 4.16. The Bertz CT molecular complexity index is 228. The summed E-state index contributed by atoms with van der Waals surface area (Å²) in [6, 6.07) is 0. The summed E-state index contributed by atoms with van der Waals surface area (Å²) in [5, 5.41) is 0. The monoisotopic (exact) mass is 296 g/mol. The van der Waals surface area contributed by atoms with Crippen molar-refractivity contribution in [1.82, 2.24) is 0 Å². The molecule has 0 aromatic heterocycles. The third-order valence-electron chi connectivity index (χ3n) is 1.75. The molecule has 1 rings (SSSR count). The molecule has 1 aliphatic carbocycles. The molecule has 3 heteroatoms. The fourth-order valence-corrected chi connectivity index (χ4v) is 2.43. The Morgan fingerprint density at radius 3 is 2.64 bits per heavy atom. The quantitative estimate of drug-likeness (QED) is 0.512. The lowest BCUT2D eigenvalue weighted by molar-refractivity contribution is 0.822. The lowest BCUT2D eigenvalue weighted by atomic mass is 9.98. The Balaban J connectivity index is 2.98. The van der Waals surface area contributed by atoms with Crippen LogP contribution in [0.4, 0.5) is 0 Å². The summed E-state index contributed by atoms with van der Waals surface area (Å²) < 4.78 is 1.06. The normalized spacial score (nSPS) is 38.1. The highest BCUT2D eigenvalue weighted by atomic mass is 79.9. The molecule has 0 heterocycles. The second kappa shape index (κ2) is 3.27. The molecule has 2 atom stereocenters. The van der Waals surface area contributed by atoms with Crippen LogP contribution < -0.4 is 0 Å². The van der Waals surface area contributed by atoms with E-state index < -0.39 is 0 Å². The second-order valence-corrected chi connectivity index (χ2v) is 5.77. The van der Waals surface area contributed by atoms with Crippen molar-refractivity contribution < 1.29 is 0 Å². The maximum atomic E-state index is 4.51. The van der Waals surface area contributed by atoms with Crippen molar-refractivity contribution >= 4 is 44.5 Å². The molecule has 0 spiro atoms. The summed E-state index contributed by atoms with van der Waals surface area (Å²) in [4.78, 5) is 0.319. The van der Waals surface area contributed by atoms with Gasteiger partial charge < -0.3 is 0 Å². The lowest BCUT2D eigenvalue weighted by Crippen LogP contribution is -2.27. The summed E-state index contributed by atoms with van der Waals surface area (Å²) in [5.74, 6) is 0. The first-order valence-electron chi connectivity index (χ1n) is 3.37. The Kier molecular flexibility index (Phi) is 2.93. The van der Waals surface area contributed by atoms with Crippen molar-refractivity contribution in [1.29, 1.82) is 0 Å². The van der Waals surface area contributed by atoms with Gasteiger partial charge in [0.25, 0.3) is 0 Å². The average molecular weight is 298 g/mol. The Labute approximate surface area is 89.8 Å². The Morgan fingerprint density at radius 1 is 1.64 bits per heavy atom. The highest BCUT2D eigenvalue weighted by molar-refractivity contribution is 9.12. The van der Waals surface area contributed by atoms with Crippen LogP contribution in [-0.2, 0) is 0 Å². The molecule has 0 saturated carbocycles. The van der Waals surface area contributed by atoms with Crippen molar-refractivity contribution in [2.24, 2.45) is 0 Å². The minimum atomic E-state index is -0.0850. The van der Waals surface area contributed by atoms with E-state index in [9.17, 15) is 0 Å². The molecule has 0 N–H and O–H groups in total. The predicted octanol–water partition coefficient (Wildman–Crippen LogP) is 3.68. The molecule has 0 aliphatic heterocycles. The summed E-state index contributed by atoms with van der Waals surface area (Å²) in [5.41, 5.74) is 1.26. The zero-order chi connectivity index (χ0) is 8.65. The molecule has 1 aliphatic rings. The highest BCUT2D eigenvalue weighted by Gasteiger charge is 2.28. The van der Waals surface area contributed by atoms with Gasteiger partial charge in [-0.25, -0.2) is 0 Å². The van der Waals surface area contributed by atoms with E-state index in [1.807, 2.05) is 0 Å². The van der Waals surface area contributed by atoms with Gasteiger partial charge in [0.1, 0.15) is 0 Å². The van der Waals surface area contributed by atoms with E-state index in [1.165, 1.54) is 5.57 Å². The predicted molar refractivity (Wildman–Crippen MR) is 60.9 cm³/mol. The third-order valence-corrected chi connectivity index (χ3v) is 4.58. The van der Waals surface area contributed by atoms with Gasteiger partial charge in [-0.3, -0.25) is 0 Å². The van der Waals surface area contributed by atoms with Crippen molar-refractivity contribution in [3.05, 3.63) is 22.2 Å². The molecule has 0 saturated heterocycles. The maximum Gasteiger partial charge on any atom is 0.0508 e. The first-order valence-corrected chi connectivity index (χ1v) is 5.52. The molecule has 0 aromatic rings. The van der Waals surface area contributed by atoms with Crippen LogP contribution in [0.3, 0.4) is 0 Å². The molecule has 62 valence electrons. The van der Waals surface area contributed by atoms with Crippen LogP contribution in [-0.4, -0.2) is 9.57 Å². The van der Waals surface area contributed by atoms with Crippen LogP contribution in [0, 0.1) is 0 Å². The van der Waals surface area contributed by atoms with E-state index in [0.717, 1.165) is 4.48 Å². The molecule has 0 bridgehead atoms. The first kappa shape index (κ1) is 9.87. The SMILES string of the molecule is CC1=CC(Br)C(C)(S)C=C1Br. The molecule has 2 unspecified atom stereocenters. The standard InChI is InChI=1S/C8H10Br2S/c1-5-3-7(10)8(2,11)4-6(5)9/h3-4,7,11H,1-2H3. The van der Waals surface area contributed by atoms with E-state index in [0.29, 0.717) is 4.83 Å². The molecular weight excluding hydrogens is 288 g/mol. The van der Waals surface area contributed by atoms with Gasteiger partial charge in [-0.1, -0.05) is 44.0 Å². The molecule has 0 nitrogen and oxygen atoms in total. The lowest BCUT2D eigenvalue weighted by Gasteiger charge is -2.28. The Hall–Kier alpha value is 0.790. The zero-order valence-electron chi connectivity index (χ0n) is 6.44. The zero-order valence-corrected chi connectivity index (χ0v) is 10.5. The van der Waals surface area contributed by atoms with Crippen LogP contribution in [0.25, 0.3) is 0 Å². The first-order chi connectivity index (χ1) is 4.93. The van der Waals surface area contributed by atoms with Crippen LogP contribution in [0.15, 0.2) is 22.2 Å². The van der Waals surface area contributed by atoms with Gasteiger partial charge in [-0.15, -0.1) is 0 Å². The van der Waals surface area contributed by atoms with Crippen LogP contribution in [0.1, 0.15) is 13.8 Å². The van der Waals surface area contributed by atoms with Gasteiger partial charge in [0.2, 0.25) is 0 Å². The van der Waals surface area contributed by atoms with Crippen LogP contribution in [0.5, 0.6) is 0 Å². The van der Waals surface area contributed by atoms with Gasteiger partial charge in [-0.2, -0.15) is 12.6 Å². The van der Waals surface area contributed by atoms with Crippen molar-refractivity contribution in [2.75, 3.05) is 0 Å². The molecule has 11 heavy (non-hydrogen) atoms. The van der Waals surface area contributed by atoms with Gasteiger partial charge in [0, 0.05) is 9.23 Å². The van der Waals surface area contributed by atoms with Crippen molar-refractivity contribution in [3.8, 4) is 0 Å². The van der Waals surface area contributed by atoms with E-state index in [1.54, 1.807) is 0 Å². The largest absolute Gasteiger partial charge is 0.167 e. The van der Waals surface area contributed by atoms with Gasteiger partial charge in [0.05, 0.1) is 4.83 Å². The molecular formula is C8H10Br2S. The number of allylic oxidation sites excluding steroid dienone is 3. The second-order valence-electron chi connectivity index (χ2n) is 2.97. The van der Waals surface area contributed by atoms with Gasteiger partial charge in [-0.05, 0) is 19.4 Å². The van der Waals surface area contributed by atoms with Crippen LogP contribution >= 0.6 is 44.5 Å². The smallest absolute Gasteiger partial charge is 0.0508 e. The average Bonchev–Trinajstić information content (AvgIpc) is 1.83. The van der Waals surface area contributed by atoms with E-state index in [4.69, 9.17) is 0 Å². The number of hydrogen-bond acceptors (Lipinski definition) is 1. The highest BCUT2D eigenvalue weighted by Crippen LogP contribution is 2.37. The number of alkyl halides is 1. The summed E-state index contributed by atoms with van der Waals surface area (Å²) in [7, 11) is 0. The van der Waals surface area contributed by atoms with Gasteiger partial charge in [0.15, 0.2) is 0 Å². The van der Waals surface area contributed by atoms with E-state index in [2.05, 4.69) is 70.5 Å². The number of thiol groups is 1. The molecule has 0 aromatic carbocycles. The van der Waals surface area contributed by atoms with Crippen molar-refractivity contribution in [3.63, 3.8) is 0 Å². The number of hydrogen-bond donors (Lipinski definition) is 1. The minimum absolute atomic E-state index is 0.0850. The van der Waals surface area contributed by atoms with E-state index >= 15 is 0 Å². The van der Waals surface area contributed by atoms with Crippen LogP contribution in [0.2, 0.25) is 0 Å². The fourth-order valence-electron chi connectivity index (χ4n) is 0.918. The van der Waals surface area contributed by atoms with Crippen molar-refractivity contribution in [2.45, 2.75) is 23.4 Å². The Morgan fingerprint density at radius 2 is 2.18 bits per heavy atom. The topological polar surface area (TPSA) is 0 Å². The molecule has 0 amide bonds. The van der Waals surface area contributed by atoms with E-state index in [-0.39, 0.29) is 4.75 Å². The minimum Gasteiger partial charge on any atom is -0.167 e. The maximum absolute atomic E-state index is 4.51. The number of halogens is 2. The molecule has 0 fully saturated rings. The summed E-state index contributed by atoms with van der Waals surface area (Å²) >= 11 is 11.6. The summed E-state index contributed by atoms with van der Waals surface area (Å²) in [6.07, 6.45) is 4.28. The number of rotatable bonds is 0.